The standard InChI is InChI=1S/C17H28N6/c1-5-18-17(22(4)14-16-8-6-10-21(16)3)19-9-7-11-23-13-15(2)12-20-23/h6,8,10,12-13H,5,7,9,11,14H2,1-4H3,(H,18,19). The lowest BCUT2D eigenvalue weighted by atomic mass is 10.4. The molecule has 126 valence electrons. The van der Waals surface area contributed by atoms with Gasteiger partial charge in [0.2, 0.25) is 0 Å². The molecule has 2 aromatic heterocycles. The molecular formula is C17H28N6. The van der Waals surface area contributed by atoms with Crippen molar-refractivity contribution < 1.29 is 0 Å². The van der Waals surface area contributed by atoms with E-state index in [0.29, 0.717) is 0 Å². The van der Waals surface area contributed by atoms with Gasteiger partial charge >= 0.3 is 0 Å². The van der Waals surface area contributed by atoms with Crippen molar-refractivity contribution >= 4 is 5.96 Å². The zero-order valence-electron chi connectivity index (χ0n) is 14.7. The highest BCUT2D eigenvalue weighted by Gasteiger charge is 2.07. The van der Waals surface area contributed by atoms with E-state index in [1.165, 1.54) is 11.3 Å². The number of nitrogens with zero attached hydrogens (tertiary/aromatic N) is 5. The Balaban J connectivity index is 1.87. The summed E-state index contributed by atoms with van der Waals surface area (Å²) in [4.78, 5) is 6.89. The highest BCUT2D eigenvalue weighted by molar-refractivity contribution is 5.79. The Morgan fingerprint density at radius 3 is 2.87 bits per heavy atom. The maximum atomic E-state index is 4.73. The number of rotatable bonds is 7. The van der Waals surface area contributed by atoms with Gasteiger partial charge in [0.1, 0.15) is 0 Å². The normalized spacial score (nSPS) is 11.7. The van der Waals surface area contributed by atoms with Crippen molar-refractivity contribution in [1.82, 2.24) is 24.6 Å². The summed E-state index contributed by atoms with van der Waals surface area (Å²) < 4.78 is 4.12. The van der Waals surface area contributed by atoms with Gasteiger partial charge in [-0.1, -0.05) is 0 Å². The van der Waals surface area contributed by atoms with Crippen LogP contribution in [0.15, 0.2) is 35.7 Å². The van der Waals surface area contributed by atoms with Gasteiger partial charge in [0.15, 0.2) is 5.96 Å². The number of aliphatic imine (C=N–C) groups is 1. The van der Waals surface area contributed by atoms with Crippen molar-refractivity contribution in [3.05, 3.63) is 42.0 Å². The smallest absolute Gasteiger partial charge is 0.194 e. The van der Waals surface area contributed by atoms with E-state index in [9.17, 15) is 0 Å². The van der Waals surface area contributed by atoms with E-state index in [4.69, 9.17) is 4.99 Å². The van der Waals surface area contributed by atoms with Crippen molar-refractivity contribution in [2.75, 3.05) is 20.1 Å². The van der Waals surface area contributed by atoms with Crippen LogP contribution in [0.25, 0.3) is 0 Å². The van der Waals surface area contributed by atoms with Gasteiger partial charge in [-0.3, -0.25) is 9.67 Å². The van der Waals surface area contributed by atoms with E-state index in [-0.39, 0.29) is 0 Å². The van der Waals surface area contributed by atoms with Gasteiger partial charge in [0.05, 0.1) is 12.7 Å². The van der Waals surface area contributed by atoms with E-state index in [0.717, 1.165) is 38.6 Å². The van der Waals surface area contributed by atoms with Crippen LogP contribution >= 0.6 is 0 Å². The molecule has 2 heterocycles. The van der Waals surface area contributed by atoms with Crippen molar-refractivity contribution in [3.63, 3.8) is 0 Å². The molecule has 1 N–H and O–H groups in total. The number of guanidine groups is 1. The predicted molar refractivity (Wildman–Crippen MR) is 94.4 cm³/mol. The summed E-state index contributed by atoms with van der Waals surface area (Å²) in [6, 6.07) is 4.21. The zero-order chi connectivity index (χ0) is 16.7. The molecule has 0 fully saturated rings. The van der Waals surface area contributed by atoms with Crippen LogP contribution in [0.1, 0.15) is 24.6 Å². The average molecular weight is 316 g/mol. The third-order valence-electron chi connectivity index (χ3n) is 3.72. The van der Waals surface area contributed by atoms with Gasteiger partial charge in [-0.05, 0) is 38.0 Å². The number of hydrogen-bond donors (Lipinski definition) is 1. The summed E-state index contributed by atoms with van der Waals surface area (Å²) in [5.74, 6) is 0.949. The fraction of sp³-hybridized carbons (Fsp3) is 0.529. The van der Waals surface area contributed by atoms with Crippen LogP contribution in [-0.4, -0.2) is 45.3 Å². The Morgan fingerprint density at radius 1 is 1.43 bits per heavy atom. The largest absolute Gasteiger partial charge is 0.357 e. The molecule has 6 nitrogen and oxygen atoms in total. The molecule has 23 heavy (non-hydrogen) atoms. The van der Waals surface area contributed by atoms with Crippen molar-refractivity contribution in [2.45, 2.75) is 33.4 Å². The van der Waals surface area contributed by atoms with E-state index in [1.54, 1.807) is 0 Å². The van der Waals surface area contributed by atoms with E-state index >= 15 is 0 Å². The zero-order valence-corrected chi connectivity index (χ0v) is 14.7. The molecule has 0 aliphatic rings. The van der Waals surface area contributed by atoms with Crippen LogP contribution in [0.4, 0.5) is 0 Å². The lowest BCUT2D eigenvalue weighted by Gasteiger charge is -2.22. The first-order chi connectivity index (χ1) is 11.1. The van der Waals surface area contributed by atoms with Crippen LogP contribution in [0.2, 0.25) is 0 Å². The van der Waals surface area contributed by atoms with Gasteiger partial charge in [-0.2, -0.15) is 5.10 Å². The third kappa shape index (κ3) is 5.16. The molecule has 0 aromatic carbocycles. The Kier molecular flexibility index (Phi) is 6.26. The molecule has 0 saturated carbocycles. The number of hydrogen-bond acceptors (Lipinski definition) is 2. The molecule has 0 radical (unpaired) electrons. The van der Waals surface area contributed by atoms with Crippen LogP contribution in [-0.2, 0) is 20.1 Å². The average Bonchev–Trinajstić information content (AvgIpc) is 3.11. The molecule has 0 amide bonds. The minimum absolute atomic E-state index is 0.790. The van der Waals surface area contributed by atoms with Crippen LogP contribution in [0, 0.1) is 6.92 Å². The summed E-state index contributed by atoms with van der Waals surface area (Å²) in [6.45, 7) is 7.56. The Hall–Kier alpha value is -2.24. The first kappa shape index (κ1) is 17.1. The second kappa shape index (κ2) is 8.41. The summed E-state index contributed by atoms with van der Waals surface area (Å²) in [6.07, 6.45) is 7.00. The minimum atomic E-state index is 0.790. The summed E-state index contributed by atoms with van der Waals surface area (Å²) >= 11 is 0. The molecule has 0 bridgehead atoms. The monoisotopic (exact) mass is 316 g/mol. The maximum Gasteiger partial charge on any atom is 0.194 e. The first-order valence-electron chi connectivity index (χ1n) is 8.19. The molecule has 0 saturated heterocycles. The Bertz CT molecular complexity index is 625. The van der Waals surface area contributed by atoms with Crippen LogP contribution in [0.3, 0.4) is 0 Å². The molecule has 0 aliphatic heterocycles. The van der Waals surface area contributed by atoms with Gasteiger partial charge in [0.25, 0.3) is 0 Å². The minimum Gasteiger partial charge on any atom is -0.357 e. The van der Waals surface area contributed by atoms with Gasteiger partial charge in [0, 0.05) is 51.8 Å². The van der Waals surface area contributed by atoms with Crippen LogP contribution in [0.5, 0.6) is 0 Å². The van der Waals surface area contributed by atoms with Crippen molar-refractivity contribution in [3.8, 4) is 0 Å². The Labute approximate surface area is 138 Å². The fourth-order valence-electron chi connectivity index (χ4n) is 2.46. The van der Waals surface area contributed by atoms with Gasteiger partial charge in [-0.25, -0.2) is 0 Å². The SMILES string of the molecule is CCNC(=NCCCn1cc(C)cn1)N(C)Cc1cccn1C. The molecule has 0 aliphatic carbocycles. The molecule has 0 atom stereocenters. The fourth-order valence-corrected chi connectivity index (χ4v) is 2.46. The third-order valence-corrected chi connectivity index (χ3v) is 3.72. The highest BCUT2D eigenvalue weighted by atomic mass is 15.3. The molecule has 2 rings (SSSR count). The lowest BCUT2D eigenvalue weighted by molar-refractivity contribution is 0.460. The van der Waals surface area contributed by atoms with Crippen LogP contribution < -0.4 is 5.32 Å². The molecule has 0 unspecified atom stereocenters. The molecular weight excluding hydrogens is 288 g/mol. The topological polar surface area (TPSA) is 50.4 Å². The Morgan fingerprint density at radius 2 is 2.26 bits per heavy atom. The second-order valence-corrected chi connectivity index (χ2v) is 5.84. The maximum absolute atomic E-state index is 4.73. The summed E-state index contributed by atoms with van der Waals surface area (Å²) in [7, 11) is 4.14. The lowest BCUT2D eigenvalue weighted by Crippen LogP contribution is -2.38. The number of aromatic nitrogens is 3. The number of nitrogens with one attached hydrogen (secondary N) is 1. The van der Waals surface area contributed by atoms with E-state index in [1.807, 2.05) is 10.9 Å². The number of aryl methyl sites for hydroxylation is 3. The quantitative estimate of drug-likeness (QED) is 0.483. The van der Waals surface area contributed by atoms with Crippen molar-refractivity contribution in [2.24, 2.45) is 12.0 Å². The summed E-state index contributed by atoms with van der Waals surface area (Å²) in [5.41, 5.74) is 2.47. The molecule has 2 aromatic rings. The van der Waals surface area contributed by atoms with Gasteiger partial charge in [-0.15, -0.1) is 0 Å². The molecule has 0 spiro atoms. The van der Waals surface area contributed by atoms with Gasteiger partial charge < -0.3 is 14.8 Å². The van der Waals surface area contributed by atoms with Crippen molar-refractivity contribution in [1.29, 1.82) is 0 Å². The highest BCUT2D eigenvalue weighted by Crippen LogP contribution is 2.04. The first-order valence-corrected chi connectivity index (χ1v) is 8.19. The predicted octanol–water partition coefficient (Wildman–Crippen LogP) is 2.02. The molecule has 6 heteroatoms. The van der Waals surface area contributed by atoms with E-state index < -0.39 is 0 Å². The summed E-state index contributed by atoms with van der Waals surface area (Å²) in [5, 5.41) is 7.66. The van der Waals surface area contributed by atoms with E-state index in [2.05, 4.69) is 72.4 Å². The second-order valence-electron chi connectivity index (χ2n) is 5.84.